The second-order valence-electron chi connectivity index (χ2n) is 9.71. The van der Waals surface area contributed by atoms with Gasteiger partial charge in [-0.05, 0) is 53.7 Å². The summed E-state index contributed by atoms with van der Waals surface area (Å²) < 4.78 is 35.3. The number of amides is 1. The molecule has 8 nitrogen and oxygen atoms in total. The Morgan fingerprint density at radius 2 is 1.97 bits per heavy atom. The Morgan fingerprint density at radius 3 is 2.52 bits per heavy atom. The predicted octanol–water partition coefficient (Wildman–Crippen LogP) is 3.34. The van der Waals surface area contributed by atoms with Gasteiger partial charge in [0.2, 0.25) is 0 Å². The topological polar surface area (TPSA) is 83.7 Å². The lowest BCUT2D eigenvalue weighted by atomic mass is 9.85. The first-order valence-electron chi connectivity index (χ1n) is 11.1. The van der Waals surface area contributed by atoms with Gasteiger partial charge >= 0.3 is 6.09 Å². The molecule has 33 heavy (non-hydrogen) atoms. The van der Waals surface area contributed by atoms with E-state index in [1.54, 1.807) is 11.8 Å². The molecule has 1 fully saturated rings. The molecule has 2 aromatic rings. The number of nitrogens with zero attached hydrogens (tertiary/aromatic N) is 5. The highest BCUT2D eigenvalue weighted by molar-refractivity contribution is 5.68. The molecule has 1 aliphatic heterocycles. The number of aliphatic hydroxyl groups is 1. The summed E-state index contributed by atoms with van der Waals surface area (Å²) in [7, 11) is 1.86. The highest BCUT2D eigenvalue weighted by Crippen LogP contribution is 2.36. The van der Waals surface area contributed by atoms with Gasteiger partial charge in [-0.1, -0.05) is 6.07 Å². The number of likely N-dealkylation sites (N-methyl/N-ethyl adjacent to an activating group) is 1. The van der Waals surface area contributed by atoms with Crippen LogP contribution in [0, 0.1) is 11.6 Å². The van der Waals surface area contributed by atoms with Crippen molar-refractivity contribution in [1.29, 1.82) is 0 Å². The van der Waals surface area contributed by atoms with E-state index in [1.165, 1.54) is 23.4 Å². The number of piperidine rings is 1. The molecule has 182 valence electrons. The molecule has 0 bridgehead atoms. The van der Waals surface area contributed by atoms with Crippen LogP contribution in [0.15, 0.2) is 30.9 Å². The standard InChI is InChI=1S/C23H33F2N5O3/c1-16(30-15-26-14-27-30)23(32,19-7-6-17(24)12-20(19)25)13-28(5)18-8-10-29(11-9-18)21(31)33-22(2,3)4/h6-7,12,14-16,18,32H,8-11,13H2,1-5H3. The number of likely N-dealkylation sites (tertiary alicyclic amines) is 1. The fourth-order valence-corrected chi connectivity index (χ4v) is 4.24. The van der Waals surface area contributed by atoms with Crippen LogP contribution in [0.5, 0.6) is 0 Å². The number of aromatic nitrogens is 3. The summed E-state index contributed by atoms with van der Waals surface area (Å²) in [5.74, 6) is -1.53. The fourth-order valence-electron chi connectivity index (χ4n) is 4.24. The molecule has 1 aromatic carbocycles. The lowest BCUT2D eigenvalue weighted by Crippen LogP contribution is -2.52. The van der Waals surface area contributed by atoms with E-state index in [2.05, 4.69) is 10.1 Å². The van der Waals surface area contributed by atoms with Crippen LogP contribution in [0.3, 0.4) is 0 Å². The molecule has 0 aliphatic carbocycles. The van der Waals surface area contributed by atoms with Crippen molar-refractivity contribution >= 4 is 6.09 Å². The smallest absolute Gasteiger partial charge is 0.410 e. The summed E-state index contributed by atoms with van der Waals surface area (Å²) in [6.45, 7) is 8.33. The Bertz CT molecular complexity index is 942. The van der Waals surface area contributed by atoms with E-state index in [-0.39, 0.29) is 24.2 Å². The van der Waals surface area contributed by atoms with Crippen LogP contribution in [-0.4, -0.2) is 74.1 Å². The molecule has 1 aliphatic rings. The van der Waals surface area contributed by atoms with Crippen molar-refractivity contribution in [3.8, 4) is 0 Å². The van der Waals surface area contributed by atoms with E-state index in [1.807, 2.05) is 32.7 Å². The van der Waals surface area contributed by atoms with E-state index < -0.39 is 28.9 Å². The number of hydrogen-bond donors (Lipinski definition) is 1. The average molecular weight is 466 g/mol. The zero-order valence-corrected chi connectivity index (χ0v) is 19.8. The second-order valence-corrected chi connectivity index (χ2v) is 9.71. The van der Waals surface area contributed by atoms with E-state index >= 15 is 0 Å². The highest BCUT2D eigenvalue weighted by atomic mass is 19.1. The molecule has 2 atom stereocenters. The maximum absolute atomic E-state index is 14.8. The third-order valence-corrected chi connectivity index (χ3v) is 6.15. The maximum atomic E-state index is 14.8. The van der Waals surface area contributed by atoms with E-state index in [9.17, 15) is 18.7 Å². The molecule has 0 spiro atoms. The van der Waals surface area contributed by atoms with Crippen molar-refractivity contribution in [3.63, 3.8) is 0 Å². The summed E-state index contributed by atoms with van der Waals surface area (Å²) >= 11 is 0. The lowest BCUT2D eigenvalue weighted by molar-refractivity contribution is -0.0550. The van der Waals surface area contributed by atoms with Gasteiger partial charge in [-0.2, -0.15) is 5.10 Å². The number of halogens is 2. The Kier molecular flexibility index (Phi) is 7.38. The molecule has 10 heteroatoms. The first kappa shape index (κ1) is 25.0. The Balaban J connectivity index is 1.76. The molecule has 1 amide bonds. The summed E-state index contributed by atoms with van der Waals surface area (Å²) in [5.41, 5.74) is -2.27. The van der Waals surface area contributed by atoms with Crippen LogP contribution in [0.25, 0.3) is 0 Å². The van der Waals surface area contributed by atoms with Crippen molar-refractivity contribution < 1.29 is 23.4 Å². The monoisotopic (exact) mass is 465 g/mol. The SMILES string of the molecule is CC(n1cncn1)C(O)(CN(C)C1CCN(C(=O)OC(C)(C)C)CC1)c1ccc(F)cc1F. The van der Waals surface area contributed by atoms with E-state index in [4.69, 9.17) is 4.74 Å². The molecule has 2 heterocycles. The zero-order chi connectivity index (χ0) is 24.4. The van der Waals surface area contributed by atoms with Crippen LogP contribution in [0.2, 0.25) is 0 Å². The molecule has 1 aromatic heterocycles. The number of carbonyl (C=O) groups excluding carboxylic acids is 1. The molecule has 0 radical (unpaired) electrons. The number of carbonyl (C=O) groups is 1. The number of benzene rings is 1. The molecular weight excluding hydrogens is 432 g/mol. The third-order valence-electron chi connectivity index (χ3n) is 6.15. The van der Waals surface area contributed by atoms with E-state index in [0.29, 0.717) is 25.9 Å². The van der Waals surface area contributed by atoms with Gasteiger partial charge in [-0.15, -0.1) is 0 Å². The maximum Gasteiger partial charge on any atom is 0.410 e. The van der Waals surface area contributed by atoms with Gasteiger partial charge < -0.3 is 14.7 Å². The quantitative estimate of drug-likeness (QED) is 0.705. The summed E-state index contributed by atoms with van der Waals surface area (Å²) in [6, 6.07) is 2.56. The van der Waals surface area contributed by atoms with Gasteiger partial charge in [0.05, 0.1) is 6.04 Å². The minimum Gasteiger partial charge on any atom is -0.444 e. The number of rotatable bonds is 6. The average Bonchev–Trinajstić information content (AvgIpc) is 3.26. The van der Waals surface area contributed by atoms with Crippen molar-refractivity contribution in [2.24, 2.45) is 0 Å². The van der Waals surface area contributed by atoms with Gasteiger partial charge in [-0.25, -0.2) is 23.2 Å². The lowest BCUT2D eigenvalue weighted by Gasteiger charge is -2.42. The predicted molar refractivity (Wildman–Crippen MR) is 118 cm³/mol. The zero-order valence-electron chi connectivity index (χ0n) is 19.8. The molecular formula is C23H33F2N5O3. The van der Waals surface area contributed by atoms with Crippen LogP contribution >= 0.6 is 0 Å². The fraction of sp³-hybridized carbons (Fsp3) is 0.609. The first-order valence-corrected chi connectivity index (χ1v) is 11.1. The van der Waals surface area contributed by atoms with Gasteiger partial charge in [0.15, 0.2) is 0 Å². The van der Waals surface area contributed by atoms with E-state index in [0.717, 1.165) is 12.1 Å². The summed E-state index contributed by atoms with van der Waals surface area (Å²) in [5, 5.41) is 15.9. The molecule has 3 rings (SSSR count). The van der Waals surface area contributed by atoms with Crippen LogP contribution in [-0.2, 0) is 10.3 Å². The van der Waals surface area contributed by atoms with Crippen LogP contribution in [0.4, 0.5) is 13.6 Å². The highest BCUT2D eigenvalue weighted by Gasteiger charge is 2.42. The summed E-state index contributed by atoms with van der Waals surface area (Å²) in [6.07, 6.45) is 3.81. The van der Waals surface area contributed by atoms with Gasteiger partial charge in [-0.3, -0.25) is 4.90 Å². The first-order chi connectivity index (χ1) is 15.4. The van der Waals surface area contributed by atoms with Crippen molar-refractivity contribution in [1.82, 2.24) is 24.6 Å². The summed E-state index contributed by atoms with van der Waals surface area (Å²) in [4.78, 5) is 19.9. The van der Waals surface area contributed by atoms with Crippen molar-refractivity contribution in [2.75, 3.05) is 26.7 Å². The Hall–Kier alpha value is -2.59. The molecule has 1 saturated heterocycles. The van der Waals surface area contributed by atoms with Crippen molar-refractivity contribution in [3.05, 3.63) is 48.1 Å². The Morgan fingerprint density at radius 1 is 1.30 bits per heavy atom. The van der Waals surface area contributed by atoms with Crippen LogP contribution in [0.1, 0.15) is 52.1 Å². The minimum atomic E-state index is -1.71. The number of hydrogen-bond acceptors (Lipinski definition) is 6. The molecule has 1 N–H and O–H groups in total. The third kappa shape index (κ3) is 5.86. The van der Waals surface area contributed by atoms with Gasteiger partial charge in [0.1, 0.15) is 35.5 Å². The second kappa shape index (κ2) is 9.72. The largest absolute Gasteiger partial charge is 0.444 e. The Labute approximate surface area is 193 Å². The minimum absolute atomic E-state index is 0.00931. The normalized spacial score (nSPS) is 18.3. The number of ether oxygens (including phenoxy) is 1. The molecule has 2 unspecified atom stereocenters. The van der Waals surface area contributed by atoms with Gasteiger partial charge in [0.25, 0.3) is 0 Å². The van der Waals surface area contributed by atoms with Crippen molar-refractivity contribution in [2.45, 2.75) is 63.8 Å². The van der Waals surface area contributed by atoms with Gasteiger partial charge in [0, 0.05) is 37.3 Å². The molecule has 0 saturated carbocycles. The van der Waals surface area contributed by atoms with Crippen LogP contribution < -0.4 is 0 Å².